The van der Waals surface area contributed by atoms with Crippen LogP contribution in [0.5, 0.6) is 5.75 Å². The number of benzene rings is 2. The molecule has 0 spiro atoms. The minimum absolute atomic E-state index is 0.206. The molecule has 1 N–H and O–H groups in total. The summed E-state index contributed by atoms with van der Waals surface area (Å²) in [5.41, 5.74) is 3.40. The number of nitrogens with zero attached hydrogens (tertiary/aromatic N) is 1. The summed E-state index contributed by atoms with van der Waals surface area (Å²) >= 11 is 5.88. The van der Waals surface area contributed by atoms with Gasteiger partial charge >= 0.3 is 0 Å². The second-order valence-electron chi connectivity index (χ2n) is 4.54. The Morgan fingerprint density at radius 3 is 2.50 bits per heavy atom. The van der Waals surface area contributed by atoms with E-state index in [1.807, 2.05) is 37.3 Å². The molecule has 4 heteroatoms. The van der Waals surface area contributed by atoms with Crippen LogP contribution in [0.25, 0.3) is 22.6 Å². The van der Waals surface area contributed by atoms with Crippen LogP contribution in [0, 0.1) is 6.92 Å². The van der Waals surface area contributed by atoms with Crippen molar-refractivity contribution in [3.63, 3.8) is 0 Å². The molecule has 0 aliphatic rings. The third-order valence-electron chi connectivity index (χ3n) is 3.15. The monoisotopic (exact) mass is 285 g/mol. The van der Waals surface area contributed by atoms with E-state index in [4.69, 9.17) is 16.1 Å². The first-order valence-corrected chi connectivity index (χ1v) is 6.54. The van der Waals surface area contributed by atoms with Gasteiger partial charge in [-0.2, -0.15) is 0 Å². The first-order valence-electron chi connectivity index (χ1n) is 6.17. The smallest absolute Gasteiger partial charge is 0.170 e. The molecule has 100 valence electrons. The van der Waals surface area contributed by atoms with E-state index in [0.717, 1.165) is 22.4 Å². The Morgan fingerprint density at radius 1 is 1.05 bits per heavy atom. The van der Waals surface area contributed by atoms with E-state index in [-0.39, 0.29) is 5.75 Å². The van der Waals surface area contributed by atoms with Crippen molar-refractivity contribution in [1.82, 2.24) is 5.16 Å². The van der Waals surface area contributed by atoms with Crippen LogP contribution in [0.15, 0.2) is 53.1 Å². The van der Waals surface area contributed by atoms with Crippen LogP contribution in [0.1, 0.15) is 5.56 Å². The van der Waals surface area contributed by atoms with Crippen molar-refractivity contribution in [2.75, 3.05) is 0 Å². The van der Waals surface area contributed by atoms with E-state index in [1.165, 1.54) is 0 Å². The summed E-state index contributed by atoms with van der Waals surface area (Å²) < 4.78 is 5.44. The molecule has 0 amide bonds. The maximum absolute atomic E-state index is 9.55. The Hall–Kier alpha value is -2.26. The average Bonchev–Trinajstić information content (AvgIpc) is 2.82. The lowest BCUT2D eigenvalue weighted by atomic mass is 10.0. The van der Waals surface area contributed by atoms with Crippen LogP contribution in [-0.2, 0) is 0 Å². The van der Waals surface area contributed by atoms with Gasteiger partial charge in [-0.3, -0.25) is 0 Å². The standard InChI is InChI=1S/C16H12ClNO2/c1-10-15(12-3-2-4-14(19)9-12)18-20-16(10)11-5-7-13(17)8-6-11/h2-9,19H,1H3. The molecule has 0 atom stereocenters. The molecule has 0 unspecified atom stereocenters. The predicted molar refractivity (Wildman–Crippen MR) is 78.8 cm³/mol. The highest BCUT2D eigenvalue weighted by Gasteiger charge is 2.15. The van der Waals surface area contributed by atoms with Crippen molar-refractivity contribution in [3.05, 3.63) is 59.1 Å². The number of hydrogen-bond acceptors (Lipinski definition) is 3. The number of rotatable bonds is 2. The average molecular weight is 286 g/mol. The third-order valence-corrected chi connectivity index (χ3v) is 3.40. The molecule has 1 heterocycles. The second kappa shape index (κ2) is 5.02. The van der Waals surface area contributed by atoms with E-state index in [2.05, 4.69) is 5.16 Å². The van der Waals surface area contributed by atoms with Crippen molar-refractivity contribution in [2.45, 2.75) is 6.92 Å². The Morgan fingerprint density at radius 2 is 1.80 bits per heavy atom. The lowest BCUT2D eigenvalue weighted by Gasteiger charge is -2.00. The van der Waals surface area contributed by atoms with Crippen molar-refractivity contribution >= 4 is 11.6 Å². The predicted octanol–water partition coefficient (Wildman–Crippen LogP) is 4.68. The molecule has 3 rings (SSSR count). The maximum atomic E-state index is 9.55. The zero-order valence-corrected chi connectivity index (χ0v) is 11.6. The van der Waals surface area contributed by atoms with Gasteiger partial charge in [0.1, 0.15) is 11.4 Å². The Labute approximate surface area is 121 Å². The molecule has 0 saturated heterocycles. The summed E-state index contributed by atoms with van der Waals surface area (Å²) in [6, 6.07) is 14.4. The molecule has 0 fully saturated rings. The van der Waals surface area contributed by atoms with Gasteiger partial charge in [-0.25, -0.2) is 0 Å². The van der Waals surface area contributed by atoms with Crippen LogP contribution < -0.4 is 0 Å². The van der Waals surface area contributed by atoms with E-state index in [0.29, 0.717) is 10.8 Å². The summed E-state index contributed by atoms with van der Waals surface area (Å²) in [4.78, 5) is 0. The van der Waals surface area contributed by atoms with Crippen molar-refractivity contribution in [2.24, 2.45) is 0 Å². The summed E-state index contributed by atoms with van der Waals surface area (Å²) in [6.45, 7) is 1.94. The van der Waals surface area contributed by atoms with E-state index in [1.54, 1.807) is 18.2 Å². The minimum Gasteiger partial charge on any atom is -0.508 e. The minimum atomic E-state index is 0.206. The van der Waals surface area contributed by atoms with Gasteiger partial charge in [-0.1, -0.05) is 28.9 Å². The summed E-state index contributed by atoms with van der Waals surface area (Å²) in [6.07, 6.45) is 0. The first-order chi connectivity index (χ1) is 9.65. The molecule has 0 aliphatic heterocycles. The van der Waals surface area contributed by atoms with E-state index >= 15 is 0 Å². The Bertz CT molecular complexity index is 747. The number of phenols is 1. The zero-order valence-electron chi connectivity index (χ0n) is 10.8. The van der Waals surface area contributed by atoms with Crippen LogP contribution >= 0.6 is 11.6 Å². The van der Waals surface area contributed by atoms with E-state index < -0.39 is 0 Å². The lowest BCUT2D eigenvalue weighted by Crippen LogP contribution is -1.82. The summed E-state index contributed by atoms with van der Waals surface area (Å²) in [5.74, 6) is 0.915. The fourth-order valence-corrected chi connectivity index (χ4v) is 2.25. The van der Waals surface area contributed by atoms with E-state index in [9.17, 15) is 5.11 Å². The molecule has 3 nitrogen and oxygen atoms in total. The molecule has 0 radical (unpaired) electrons. The number of aromatic nitrogens is 1. The number of phenolic OH excluding ortho intramolecular Hbond substituents is 1. The van der Waals surface area contributed by atoms with Gasteiger partial charge < -0.3 is 9.63 Å². The molecule has 0 aliphatic carbocycles. The van der Waals surface area contributed by atoms with Crippen molar-refractivity contribution < 1.29 is 9.63 Å². The zero-order chi connectivity index (χ0) is 14.1. The van der Waals surface area contributed by atoms with Crippen LogP contribution in [0.4, 0.5) is 0 Å². The van der Waals surface area contributed by atoms with Gasteiger partial charge in [-0.15, -0.1) is 0 Å². The van der Waals surface area contributed by atoms with Gasteiger partial charge in [0.2, 0.25) is 0 Å². The molecule has 2 aromatic carbocycles. The SMILES string of the molecule is Cc1c(-c2cccc(O)c2)noc1-c1ccc(Cl)cc1. The molecule has 1 aromatic heterocycles. The summed E-state index contributed by atoms with van der Waals surface area (Å²) in [7, 11) is 0. The fraction of sp³-hybridized carbons (Fsp3) is 0.0625. The Balaban J connectivity index is 2.07. The highest BCUT2D eigenvalue weighted by atomic mass is 35.5. The largest absolute Gasteiger partial charge is 0.508 e. The van der Waals surface area contributed by atoms with Crippen LogP contribution in [0.3, 0.4) is 0 Å². The van der Waals surface area contributed by atoms with Gasteiger partial charge in [-0.05, 0) is 43.3 Å². The highest BCUT2D eigenvalue weighted by molar-refractivity contribution is 6.30. The normalized spacial score (nSPS) is 10.7. The molecule has 20 heavy (non-hydrogen) atoms. The molecular weight excluding hydrogens is 274 g/mol. The number of halogens is 1. The van der Waals surface area contributed by atoms with Gasteiger partial charge in [0, 0.05) is 21.7 Å². The van der Waals surface area contributed by atoms with Crippen molar-refractivity contribution in [1.29, 1.82) is 0 Å². The van der Waals surface area contributed by atoms with Gasteiger partial charge in [0.25, 0.3) is 0 Å². The number of aromatic hydroxyl groups is 1. The first kappa shape index (κ1) is 12.8. The highest BCUT2D eigenvalue weighted by Crippen LogP contribution is 2.32. The summed E-state index contributed by atoms with van der Waals surface area (Å²) in [5, 5.41) is 14.3. The van der Waals surface area contributed by atoms with Gasteiger partial charge in [0.05, 0.1) is 0 Å². The van der Waals surface area contributed by atoms with Crippen LogP contribution in [-0.4, -0.2) is 10.3 Å². The molecule has 0 bridgehead atoms. The maximum Gasteiger partial charge on any atom is 0.170 e. The molecule has 0 saturated carbocycles. The van der Waals surface area contributed by atoms with Crippen molar-refractivity contribution in [3.8, 4) is 28.3 Å². The topological polar surface area (TPSA) is 46.3 Å². The molecular formula is C16H12ClNO2. The third kappa shape index (κ3) is 2.28. The van der Waals surface area contributed by atoms with Gasteiger partial charge in [0.15, 0.2) is 5.76 Å². The van der Waals surface area contributed by atoms with Crippen LogP contribution in [0.2, 0.25) is 5.02 Å². The molecule has 3 aromatic rings. The lowest BCUT2D eigenvalue weighted by molar-refractivity contribution is 0.434. The Kier molecular flexibility index (Phi) is 3.20. The quantitative estimate of drug-likeness (QED) is 0.744. The number of hydrogen-bond donors (Lipinski definition) is 1. The second-order valence-corrected chi connectivity index (χ2v) is 4.98. The fourth-order valence-electron chi connectivity index (χ4n) is 2.13.